The minimum absolute atomic E-state index is 0.101. The molecule has 0 fully saturated rings. The quantitative estimate of drug-likeness (QED) is 0.823. The molecule has 4 heteroatoms. The Morgan fingerprint density at radius 1 is 1.44 bits per heavy atom. The van der Waals surface area contributed by atoms with Gasteiger partial charge in [-0.15, -0.1) is 11.6 Å². The Hall–Kier alpha value is -1.22. The van der Waals surface area contributed by atoms with Crippen LogP contribution in [0, 0.1) is 0 Å². The molecule has 88 valence electrons. The second-order valence-corrected chi connectivity index (χ2v) is 4.15. The van der Waals surface area contributed by atoms with Crippen molar-refractivity contribution in [1.29, 1.82) is 0 Å². The zero-order valence-corrected chi connectivity index (χ0v) is 10.4. The SMILES string of the molecule is CNC(=O)C(Cl)c1cccc(OC(C)C)c1. The standard InChI is InChI=1S/C12H16ClNO2/c1-8(2)16-10-6-4-5-9(7-10)11(13)12(15)14-3/h4-8,11H,1-3H3,(H,14,15). The normalized spacial score (nSPS) is 12.3. The van der Waals surface area contributed by atoms with Gasteiger partial charge in [-0.3, -0.25) is 4.79 Å². The summed E-state index contributed by atoms with van der Waals surface area (Å²) in [6, 6.07) is 7.26. The molecule has 0 spiro atoms. The first-order chi connectivity index (χ1) is 7.54. The van der Waals surface area contributed by atoms with Gasteiger partial charge >= 0.3 is 0 Å². The van der Waals surface area contributed by atoms with E-state index in [0.29, 0.717) is 0 Å². The Balaban J connectivity index is 2.85. The van der Waals surface area contributed by atoms with Crippen LogP contribution in [0.4, 0.5) is 0 Å². The number of hydrogen-bond donors (Lipinski definition) is 1. The van der Waals surface area contributed by atoms with Gasteiger partial charge in [0.05, 0.1) is 6.10 Å². The summed E-state index contributed by atoms with van der Waals surface area (Å²) in [6.45, 7) is 3.90. The van der Waals surface area contributed by atoms with Crippen LogP contribution < -0.4 is 10.1 Å². The molecule has 1 aromatic rings. The van der Waals surface area contributed by atoms with Crippen molar-refractivity contribution in [1.82, 2.24) is 5.32 Å². The van der Waals surface area contributed by atoms with E-state index in [1.54, 1.807) is 19.2 Å². The summed E-state index contributed by atoms with van der Waals surface area (Å²) >= 11 is 6.00. The number of carbonyl (C=O) groups is 1. The van der Waals surface area contributed by atoms with Gasteiger partial charge in [0.25, 0.3) is 0 Å². The van der Waals surface area contributed by atoms with Crippen LogP contribution in [0.3, 0.4) is 0 Å². The van der Waals surface area contributed by atoms with Crippen molar-refractivity contribution in [2.75, 3.05) is 7.05 Å². The Morgan fingerprint density at radius 2 is 2.12 bits per heavy atom. The number of alkyl halides is 1. The third-order valence-electron chi connectivity index (χ3n) is 2.00. The van der Waals surface area contributed by atoms with E-state index in [-0.39, 0.29) is 12.0 Å². The van der Waals surface area contributed by atoms with Crippen molar-refractivity contribution in [3.8, 4) is 5.75 Å². The minimum atomic E-state index is -0.680. The number of rotatable bonds is 4. The Morgan fingerprint density at radius 3 is 2.69 bits per heavy atom. The van der Waals surface area contributed by atoms with Gasteiger partial charge in [-0.05, 0) is 31.5 Å². The van der Waals surface area contributed by atoms with E-state index >= 15 is 0 Å². The molecule has 1 atom stereocenters. The summed E-state index contributed by atoms with van der Waals surface area (Å²) in [5.41, 5.74) is 0.735. The third kappa shape index (κ3) is 3.42. The van der Waals surface area contributed by atoms with Crippen molar-refractivity contribution in [3.05, 3.63) is 29.8 Å². The van der Waals surface area contributed by atoms with Crippen LogP contribution in [0.25, 0.3) is 0 Å². The Kier molecular flexibility index (Phi) is 4.62. The lowest BCUT2D eigenvalue weighted by Crippen LogP contribution is -2.22. The number of amides is 1. The van der Waals surface area contributed by atoms with Gasteiger partial charge in [0.2, 0.25) is 5.91 Å². The molecule has 0 saturated carbocycles. The van der Waals surface area contributed by atoms with Crippen LogP contribution in [-0.2, 0) is 4.79 Å². The lowest BCUT2D eigenvalue weighted by Gasteiger charge is -2.13. The highest BCUT2D eigenvalue weighted by Gasteiger charge is 2.16. The zero-order chi connectivity index (χ0) is 12.1. The monoisotopic (exact) mass is 241 g/mol. The van der Waals surface area contributed by atoms with E-state index in [1.807, 2.05) is 26.0 Å². The zero-order valence-electron chi connectivity index (χ0n) is 9.66. The maximum Gasteiger partial charge on any atom is 0.242 e. The average molecular weight is 242 g/mol. The topological polar surface area (TPSA) is 38.3 Å². The van der Waals surface area contributed by atoms with Crippen molar-refractivity contribution in [2.24, 2.45) is 0 Å². The van der Waals surface area contributed by atoms with Gasteiger partial charge in [-0.1, -0.05) is 12.1 Å². The predicted octanol–water partition coefficient (Wildman–Crippen LogP) is 2.50. The lowest BCUT2D eigenvalue weighted by atomic mass is 10.1. The third-order valence-corrected chi connectivity index (χ3v) is 2.45. The van der Waals surface area contributed by atoms with Crippen LogP contribution in [0.2, 0.25) is 0 Å². The number of halogens is 1. The molecule has 0 bridgehead atoms. The number of nitrogens with one attached hydrogen (secondary N) is 1. The van der Waals surface area contributed by atoms with Crippen LogP contribution in [0.15, 0.2) is 24.3 Å². The van der Waals surface area contributed by atoms with Crippen molar-refractivity contribution >= 4 is 17.5 Å². The van der Waals surface area contributed by atoms with E-state index in [4.69, 9.17) is 16.3 Å². The second kappa shape index (κ2) is 5.75. The summed E-state index contributed by atoms with van der Waals surface area (Å²) < 4.78 is 5.53. The van der Waals surface area contributed by atoms with E-state index in [1.165, 1.54) is 0 Å². The summed E-state index contributed by atoms with van der Waals surface area (Å²) in [7, 11) is 1.56. The molecule has 1 N–H and O–H groups in total. The van der Waals surface area contributed by atoms with E-state index < -0.39 is 5.38 Å². The molecule has 0 aromatic heterocycles. The average Bonchev–Trinajstić information content (AvgIpc) is 2.26. The predicted molar refractivity (Wildman–Crippen MR) is 64.9 cm³/mol. The summed E-state index contributed by atoms with van der Waals surface area (Å²) in [5, 5.41) is 1.83. The first kappa shape index (κ1) is 12.8. The van der Waals surface area contributed by atoms with Crippen LogP contribution in [0.1, 0.15) is 24.8 Å². The van der Waals surface area contributed by atoms with Gasteiger partial charge < -0.3 is 10.1 Å². The van der Waals surface area contributed by atoms with Crippen LogP contribution >= 0.6 is 11.6 Å². The molecular formula is C12H16ClNO2. The Bertz CT molecular complexity index is 366. The largest absolute Gasteiger partial charge is 0.491 e. The summed E-state index contributed by atoms with van der Waals surface area (Å²) in [6.07, 6.45) is 0.101. The number of carbonyl (C=O) groups excluding carboxylic acids is 1. The van der Waals surface area contributed by atoms with Gasteiger partial charge in [-0.2, -0.15) is 0 Å². The molecule has 1 unspecified atom stereocenters. The first-order valence-electron chi connectivity index (χ1n) is 5.17. The molecule has 1 amide bonds. The summed E-state index contributed by atoms with van der Waals surface area (Å²) in [4.78, 5) is 11.4. The highest BCUT2D eigenvalue weighted by atomic mass is 35.5. The van der Waals surface area contributed by atoms with Gasteiger partial charge in [0, 0.05) is 7.05 Å². The molecular weight excluding hydrogens is 226 g/mol. The molecule has 0 radical (unpaired) electrons. The second-order valence-electron chi connectivity index (χ2n) is 3.72. The maximum atomic E-state index is 11.4. The fourth-order valence-electron chi connectivity index (χ4n) is 1.30. The number of hydrogen-bond acceptors (Lipinski definition) is 2. The fraction of sp³-hybridized carbons (Fsp3) is 0.417. The first-order valence-corrected chi connectivity index (χ1v) is 5.60. The molecule has 0 aliphatic heterocycles. The molecule has 16 heavy (non-hydrogen) atoms. The molecule has 1 rings (SSSR count). The summed E-state index contributed by atoms with van der Waals surface area (Å²) in [5.74, 6) is 0.505. The van der Waals surface area contributed by atoms with Crippen molar-refractivity contribution < 1.29 is 9.53 Å². The van der Waals surface area contributed by atoms with Gasteiger partial charge in [0.1, 0.15) is 11.1 Å². The van der Waals surface area contributed by atoms with Crippen LogP contribution in [0.5, 0.6) is 5.75 Å². The van der Waals surface area contributed by atoms with E-state index in [0.717, 1.165) is 11.3 Å². The van der Waals surface area contributed by atoms with Crippen LogP contribution in [-0.4, -0.2) is 19.1 Å². The maximum absolute atomic E-state index is 11.4. The van der Waals surface area contributed by atoms with Gasteiger partial charge in [0.15, 0.2) is 0 Å². The van der Waals surface area contributed by atoms with E-state index in [2.05, 4.69) is 5.32 Å². The smallest absolute Gasteiger partial charge is 0.242 e. The molecule has 0 aliphatic carbocycles. The molecule has 3 nitrogen and oxygen atoms in total. The fourth-order valence-corrected chi connectivity index (χ4v) is 1.54. The highest BCUT2D eigenvalue weighted by molar-refractivity contribution is 6.30. The number of ether oxygens (including phenoxy) is 1. The van der Waals surface area contributed by atoms with Crippen molar-refractivity contribution in [2.45, 2.75) is 25.3 Å². The molecule has 0 aliphatic rings. The molecule has 0 heterocycles. The Labute approximate surface area is 101 Å². The number of likely N-dealkylation sites (N-methyl/N-ethyl adjacent to an activating group) is 1. The van der Waals surface area contributed by atoms with E-state index in [9.17, 15) is 4.79 Å². The number of benzene rings is 1. The minimum Gasteiger partial charge on any atom is -0.491 e. The molecule has 1 aromatic carbocycles. The lowest BCUT2D eigenvalue weighted by molar-refractivity contribution is -0.120. The van der Waals surface area contributed by atoms with Crippen molar-refractivity contribution in [3.63, 3.8) is 0 Å². The highest BCUT2D eigenvalue weighted by Crippen LogP contribution is 2.24. The molecule has 0 saturated heterocycles. The van der Waals surface area contributed by atoms with Gasteiger partial charge in [-0.25, -0.2) is 0 Å².